The van der Waals surface area contributed by atoms with E-state index in [0.717, 1.165) is 11.5 Å². The number of nitrogens with one attached hydrogen (secondary N) is 2. The summed E-state index contributed by atoms with van der Waals surface area (Å²) in [6.45, 7) is 0. The van der Waals surface area contributed by atoms with Crippen LogP contribution in [0.3, 0.4) is 0 Å². The Morgan fingerprint density at radius 1 is 1.42 bits per heavy atom. The molecular formula is C14H16N4S. The van der Waals surface area contributed by atoms with Crippen molar-refractivity contribution in [1.82, 2.24) is 15.7 Å². The number of hydrazone groups is 1. The Hall–Kier alpha value is -1.75. The zero-order chi connectivity index (χ0) is 13.1. The Bertz CT molecular complexity index is 511. The van der Waals surface area contributed by atoms with Crippen molar-refractivity contribution < 1.29 is 0 Å². The van der Waals surface area contributed by atoms with Gasteiger partial charge in [0.1, 0.15) is 0 Å². The van der Waals surface area contributed by atoms with Gasteiger partial charge in [-0.15, -0.1) is 0 Å². The maximum Gasteiger partial charge on any atom is 0.187 e. The summed E-state index contributed by atoms with van der Waals surface area (Å²) in [5.41, 5.74) is 3.80. The first-order valence-corrected chi connectivity index (χ1v) is 6.90. The molecule has 2 N–H and O–H groups in total. The van der Waals surface area contributed by atoms with Crippen LogP contribution in [0.5, 0.6) is 0 Å². The van der Waals surface area contributed by atoms with Crippen LogP contribution < -0.4 is 10.7 Å². The maximum absolute atomic E-state index is 5.25. The number of hydrogen-bond donors (Lipinski definition) is 2. The van der Waals surface area contributed by atoms with Gasteiger partial charge in [-0.25, -0.2) is 0 Å². The average molecular weight is 272 g/mol. The molecule has 0 saturated heterocycles. The minimum Gasteiger partial charge on any atom is -0.358 e. The van der Waals surface area contributed by atoms with Gasteiger partial charge in [-0.2, -0.15) is 5.10 Å². The van der Waals surface area contributed by atoms with E-state index in [-0.39, 0.29) is 0 Å². The summed E-state index contributed by atoms with van der Waals surface area (Å²) in [6.07, 6.45) is 12.3. The summed E-state index contributed by atoms with van der Waals surface area (Å²) in [7, 11) is 0. The highest BCUT2D eigenvalue weighted by molar-refractivity contribution is 7.80. The second kappa shape index (κ2) is 5.48. The fourth-order valence-electron chi connectivity index (χ4n) is 2.77. The number of nitrogens with zero attached hydrogens (tertiary/aromatic N) is 2. The summed E-state index contributed by atoms with van der Waals surface area (Å²) < 4.78 is 0. The molecule has 0 aromatic carbocycles. The monoisotopic (exact) mass is 272 g/mol. The molecule has 0 aliphatic heterocycles. The van der Waals surface area contributed by atoms with E-state index in [9.17, 15) is 0 Å². The average Bonchev–Trinajstić information content (AvgIpc) is 3.02. The maximum atomic E-state index is 5.25. The predicted octanol–water partition coefficient (Wildman–Crippen LogP) is 1.84. The second-order valence-corrected chi connectivity index (χ2v) is 5.42. The topological polar surface area (TPSA) is 49.3 Å². The molecule has 19 heavy (non-hydrogen) atoms. The predicted molar refractivity (Wildman–Crippen MR) is 79.8 cm³/mol. The highest BCUT2D eigenvalue weighted by Gasteiger charge is 2.35. The van der Waals surface area contributed by atoms with Gasteiger partial charge in [-0.3, -0.25) is 10.4 Å². The molecule has 0 amide bonds. The van der Waals surface area contributed by atoms with Crippen LogP contribution in [0.25, 0.3) is 0 Å². The van der Waals surface area contributed by atoms with Crippen molar-refractivity contribution in [3.63, 3.8) is 0 Å². The first-order chi connectivity index (χ1) is 9.31. The molecule has 2 bridgehead atoms. The van der Waals surface area contributed by atoms with Gasteiger partial charge in [0.15, 0.2) is 5.11 Å². The number of hydrogen-bond acceptors (Lipinski definition) is 3. The minimum absolute atomic E-state index is 0.462. The molecule has 2 aliphatic carbocycles. The molecule has 3 rings (SSSR count). The molecule has 2 aliphatic rings. The van der Waals surface area contributed by atoms with E-state index in [0.29, 0.717) is 17.1 Å². The fraction of sp³-hybridized carbons (Fsp3) is 0.357. The Kier molecular flexibility index (Phi) is 3.55. The van der Waals surface area contributed by atoms with Gasteiger partial charge in [0, 0.05) is 24.0 Å². The molecule has 0 spiro atoms. The Morgan fingerprint density at radius 3 is 3.05 bits per heavy atom. The molecule has 1 aromatic heterocycles. The van der Waals surface area contributed by atoms with Gasteiger partial charge in [0.25, 0.3) is 0 Å². The summed E-state index contributed by atoms with van der Waals surface area (Å²) in [5, 5.41) is 8.03. The van der Waals surface area contributed by atoms with Gasteiger partial charge in [-0.1, -0.05) is 18.2 Å². The van der Waals surface area contributed by atoms with E-state index >= 15 is 0 Å². The summed E-state index contributed by atoms with van der Waals surface area (Å²) in [5.74, 6) is 1.37. The molecule has 98 valence electrons. The number of thiocarbonyl (C=S) groups is 1. The third-order valence-corrected chi connectivity index (χ3v) is 3.87. The minimum atomic E-state index is 0.462. The van der Waals surface area contributed by atoms with E-state index in [1.165, 1.54) is 12.8 Å². The zero-order valence-electron chi connectivity index (χ0n) is 10.5. The highest BCUT2D eigenvalue weighted by Crippen LogP contribution is 2.38. The van der Waals surface area contributed by atoms with Crippen molar-refractivity contribution in [2.24, 2.45) is 16.9 Å². The summed E-state index contributed by atoms with van der Waals surface area (Å²) in [4.78, 5) is 4.02. The lowest BCUT2D eigenvalue weighted by Gasteiger charge is -2.20. The van der Waals surface area contributed by atoms with E-state index in [4.69, 9.17) is 12.2 Å². The molecule has 0 radical (unpaired) electrons. The largest absolute Gasteiger partial charge is 0.358 e. The number of aromatic nitrogens is 1. The van der Waals surface area contributed by atoms with Crippen molar-refractivity contribution in [2.75, 3.05) is 0 Å². The highest BCUT2D eigenvalue weighted by atomic mass is 32.1. The molecule has 4 nitrogen and oxygen atoms in total. The number of allylic oxidation sites excluding steroid dienone is 1. The van der Waals surface area contributed by atoms with Crippen molar-refractivity contribution in [1.29, 1.82) is 0 Å². The van der Waals surface area contributed by atoms with Gasteiger partial charge in [-0.05, 0) is 43.0 Å². The molecule has 0 unspecified atom stereocenters. The molecule has 1 fully saturated rings. The smallest absolute Gasteiger partial charge is 0.187 e. The quantitative estimate of drug-likeness (QED) is 0.381. The summed E-state index contributed by atoms with van der Waals surface area (Å²) >= 11 is 5.25. The van der Waals surface area contributed by atoms with Crippen LogP contribution in [0.1, 0.15) is 18.4 Å². The van der Waals surface area contributed by atoms with E-state index in [1.54, 1.807) is 18.6 Å². The molecule has 1 aromatic rings. The molecule has 1 heterocycles. The number of rotatable bonds is 3. The van der Waals surface area contributed by atoms with Gasteiger partial charge < -0.3 is 5.32 Å². The van der Waals surface area contributed by atoms with Gasteiger partial charge >= 0.3 is 0 Å². The normalized spacial score (nSPS) is 27.9. The van der Waals surface area contributed by atoms with Crippen LogP contribution in [-0.4, -0.2) is 22.4 Å². The molecular weight excluding hydrogens is 256 g/mol. The van der Waals surface area contributed by atoms with Crippen LogP contribution in [0.2, 0.25) is 0 Å². The van der Waals surface area contributed by atoms with E-state index in [2.05, 4.69) is 33.0 Å². The lowest BCUT2D eigenvalue weighted by molar-refractivity contribution is 0.521. The van der Waals surface area contributed by atoms with Gasteiger partial charge in [0.2, 0.25) is 0 Å². The molecule has 5 heteroatoms. The first-order valence-electron chi connectivity index (χ1n) is 6.49. The first kappa shape index (κ1) is 12.3. The lowest BCUT2D eigenvalue weighted by Crippen LogP contribution is -2.42. The lowest BCUT2D eigenvalue weighted by atomic mass is 10.0. The fourth-order valence-corrected chi connectivity index (χ4v) is 2.97. The third-order valence-electron chi connectivity index (χ3n) is 3.66. The number of pyridine rings is 1. The standard InChI is InChI=1S/C14H16N4S/c19-14(17-13-7-10-3-4-12(13)6-10)18-16-9-11-2-1-5-15-8-11/h1-5,8-10,12-13H,6-7H2,(H2,17,18,19)/b16-9-/t10-,12+,13+/m0/s1. The van der Waals surface area contributed by atoms with Crippen LogP contribution in [0.4, 0.5) is 0 Å². The molecule has 3 atom stereocenters. The van der Waals surface area contributed by atoms with Crippen LogP contribution in [0.15, 0.2) is 41.8 Å². The Balaban J connectivity index is 1.47. The Morgan fingerprint density at radius 2 is 2.37 bits per heavy atom. The number of fused-ring (bicyclic) bond motifs is 2. The van der Waals surface area contributed by atoms with E-state index < -0.39 is 0 Å². The van der Waals surface area contributed by atoms with Crippen LogP contribution in [0, 0.1) is 11.8 Å². The van der Waals surface area contributed by atoms with Gasteiger partial charge in [0.05, 0.1) is 6.21 Å². The SMILES string of the molecule is S=C(N/N=C\c1cccnc1)N[C@@H]1C[C@H]2C=C[C@@H]1C2. The van der Waals surface area contributed by atoms with Crippen LogP contribution >= 0.6 is 12.2 Å². The zero-order valence-corrected chi connectivity index (χ0v) is 11.3. The van der Waals surface area contributed by atoms with E-state index in [1.807, 2.05) is 12.1 Å². The summed E-state index contributed by atoms with van der Waals surface area (Å²) in [6, 6.07) is 4.28. The molecule has 1 saturated carbocycles. The van der Waals surface area contributed by atoms with Crippen molar-refractivity contribution in [2.45, 2.75) is 18.9 Å². The van der Waals surface area contributed by atoms with Crippen molar-refractivity contribution in [3.8, 4) is 0 Å². The van der Waals surface area contributed by atoms with Crippen molar-refractivity contribution >= 4 is 23.5 Å². The Labute approximate surface area is 118 Å². The second-order valence-electron chi connectivity index (χ2n) is 5.02. The van der Waals surface area contributed by atoms with Crippen LogP contribution in [-0.2, 0) is 0 Å². The van der Waals surface area contributed by atoms with Crippen molar-refractivity contribution in [3.05, 3.63) is 42.2 Å². The third kappa shape index (κ3) is 2.98.